The van der Waals surface area contributed by atoms with E-state index in [9.17, 15) is 15.0 Å². The van der Waals surface area contributed by atoms with E-state index in [4.69, 9.17) is 15.9 Å². The summed E-state index contributed by atoms with van der Waals surface area (Å²) in [4.78, 5) is 12.3. The van der Waals surface area contributed by atoms with Crippen molar-refractivity contribution < 1.29 is 24.5 Å². The van der Waals surface area contributed by atoms with Crippen LogP contribution in [0.25, 0.3) is 0 Å². The van der Waals surface area contributed by atoms with E-state index in [2.05, 4.69) is 5.92 Å². The second kappa shape index (κ2) is 7.45. The summed E-state index contributed by atoms with van der Waals surface area (Å²) < 4.78 is 10.4. The van der Waals surface area contributed by atoms with Crippen molar-refractivity contribution in [3.63, 3.8) is 0 Å². The highest BCUT2D eigenvalue weighted by Gasteiger charge is 2.18. The van der Waals surface area contributed by atoms with E-state index in [0.717, 1.165) is 0 Å². The third-order valence-electron chi connectivity index (χ3n) is 3.31. The molecule has 0 atom stereocenters. The molecule has 0 unspecified atom stereocenters. The third-order valence-corrected chi connectivity index (χ3v) is 3.31. The molecule has 0 bridgehead atoms. The number of methoxy groups -OCH3 is 1. The first-order valence-electron chi connectivity index (χ1n) is 6.83. The number of hydrogen-bond donors (Lipinski definition) is 2. The van der Waals surface area contributed by atoms with Crippen LogP contribution in [0.15, 0.2) is 36.4 Å². The number of hydrogen-bond acceptors (Lipinski definition) is 5. The number of carbonyl (C=O) groups is 1. The number of aliphatic hydroxyl groups excluding tert-OH is 2. The zero-order chi connectivity index (χ0) is 16.8. The Morgan fingerprint density at radius 1 is 1.13 bits per heavy atom. The molecule has 0 saturated heterocycles. The Morgan fingerprint density at radius 2 is 1.74 bits per heavy atom. The summed E-state index contributed by atoms with van der Waals surface area (Å²) in [6, 6.07) is 9.46. The molecule has 0 aliphatic rings. The van der Waals surface area contributed by atoms with Gasteiger partial charge in [0.15, 0.2) is 0 Å². The van der Waals surface area contributed by atoms with Gasteiger partial charge in [0.1, 0.15) is 17.1 Å². The Hall–Kier alpha value is -2.81. The van der Waals surface area contributed by atoms with Crippen molar-refractivity contribution in [1.29, 1.82) is 0 Å². The average Bonchev–Trinajstić information content (AvgIpc) is 2.60. The summed E-state index contributed by atoms with van der Waals surface area (Å²) >= 11 is 0. The predicted octanol–water partition coefficient (Wildman–Crippen LogP) is 1.88. The first-order valence-corrected chi connectivity index (χ1v) is 6.83. The highest BCUT2D eigenvalue weighted by Crippen LogP contribution is 2.26. The predicted molar refractivity (Wildman–Crippen MR) is 84.2 cm³/mol. The minimum atomic E-state index is -0.630. The maximum Gasteiger partial charge on any atom is 0.347 e. The van der Waals surface area contributed by atoms with E-state index in [1.54, 1.807) is 24.3 Å². The number of carbonyl (C=O) groups excluding carboxylic acids is 1. The number of benzene rings is 2. The van der Waals surface area contributed by atoms with Gasteiger partial charge in [-0.15, -0.1) is 6.42 Å². The van der Waals surface area contributed by atoms with Gasteiger partial charge in [-0.25, -0.2) is 4.79 Å². The van der Waals surface area contributed by atoms with Crippen molar-refractivity contribution in [3.8, 4) is 23.8 Å². The Morgan fingerprint density at radius 3 is 2.26 bits per heavy atom. The smallest absolute Gasteiger partial charge is 0.347 e. The molecule has 0 aromatic heterocycles. The van der Waals surface area contributed by atoms with Gasteiger partial charge in [-0.1, -0.05) is 5.92 Å². The van der Waals surface area contributed by atoms with E-state index in [-0.39, 0.29) is 24.5 Å². The quantitative estimate of drug-likeness (QED) is 0.501. The lowest BCUT2D eigenvalue weighted by Crippen LogP contribution is -2.12. The van der Waals surface area contributed by atoms with Gasteiger partial charge in [-0.2, -0.15) is 0 Å². The number of ether oxygens (including phenoxy) is 2. The molecule has 118 valence electrons. The fourth-order valence-corrected chi connectivity index (χ4v) is 2.07. The van der Waals surface area contributed by atoms with E-state index in [1.165, 1.54) is 19.2 Å². The molecular weight excluding hydrogens is 296 g/mol. The topological polar surface area (TPSA) is 76.0 Å². The molecule has 0 saturated carbocycles. The molecule has 0 aliphatic carbocycles. The second-order valence-corrected chi connectivity index (χ2v) is 4.70. The third kappa shape index (κ3) is 3.69. The molecule has 2 N–H and O–H groups in total. The van der Waals surface area contributed by atoms with Crippen molar-refractivity contribution in [3.05, 3.63) is 58.7 Å². The van der Waals surface area contributed by atoms with E-state index >= 15 is 0 Å². The van der Waals surface area contributed by atoms with Crippen LogP contribution >= 0.6 is 0 Å². The Kier molecular flexibility index (Phi) is 5.36. The van der Waals surface area contributed by atoms with Crippen LogP contribution in [0.2, 0.25) is 0 Å². The monoisotopic (exact) mass is 312 g/mol. The van der Waals surface area contributed by atoms with Crippen LogP contribution in [-0.2, 0) is 13.2 Å². The Bertz CT molecular complexity index is 741. The standard InChI is InChI=1S/C18H16O5/c1-3-12-4-6-15(7-5-12)23-18(21)16-8-13(10-19)14(11-20)9-17(16)22-2/h1,4-9,19-20H,10-11H2,2H3. The van der Waals surface area contributed by atoms with Crippen LogP contribution in [0.4, 0.5) is 0 Å². The molecule has 5 heteroatoms. The molecule has 0 radical (unpaired) electrons. The van der Waals surface area contributed by atoms with Gasteiger partial charge in [0.05, 0.1) is 20.3 Å². The van der Waals surface area contributed by atoms with E-state index < -0.39 is 5.97 Å². The van der Waals surface area contributed by atoms with Gasteiger partial charge in [-0.3, -0.25) is 0 Å². The van der Waals surface area contributed by atoms with Gasteiger partial charge in [-0.05, 0) is 47.5 Å². The van der Waals surface area contributed by atoms with Crippen LogP contribution in [0.1, 0.15) is 27.0 Å². The van der Waals surface area contributed by atoms with Gasteiger partial charge >= 0.3 is 5.97 Å². The SMILES string of the molecule is C#Cc1ccc(OC(=O)c2cc(CO)c(CO)cc2OC)cc1. The normalized spacial score (nSPS) is 10.0. The zero-order valence-corrected chi connectivity index (χ0v) is 12.6. The molecule has 0 amide bonds. The molecule has 2 aromatic rings. The molecule has 0 fully saturated rings. The summed E-state index contributed by atoms with van der Waals surface area (Å²) in [6.07, 6.45) is 5.27. The number of aliphatic hydroxyl groups is 2. The summed E-state index contributed by atoms with van der Waals surface area (Å²) in [5.74, 6) is 2.44. The molecule has 0 aliphatic heterocycles. The van der Waals surface area contributed by atoms with Gasteiger partial charge in [0.25, 0.3) is 0 Å². The van der Waals surface area contributed by atoms with Crippen molar-refractivity contribution in [1.82, 2.24) is 0 Å². The average molecular weight is 312 g/mol. The number of terminal acetylenes is 1. The van der Waals surface area contributed by atoms with Gasteiger partial charge in [0.2, 0.25) is 0 Å². The maximum absolute atomic E-state index is 12.3. The molecule has 2 rings (SSSR count). The molecule has 5 nitrogen and oxygen atoms in total. The summed E-state index contributed by atoms with van der Waals surface area (Å²) in [6.45, 7) is -0.577. The lowest BCUT2D eigenvalue weighted by atomic mass is 10.0. The van der Waals surface area contributed by atoms with Crippen LogP contribution < -0.4 is 9.47 Å². The molecular formula is C18H16O5. The Labute approximate surface area is 134 Å². The maximum atomic E-state index is 12.3. The second-order valence-electron chi connectivity index (χ2n) is 4.70. The van der Waals surface area contributed by atoms with Gasteiger partial charge in [0, 0.05) is 5.56 Å². The van der Waals surface area contributed by atoms with Crippen molar-refractivity contribution in [2.45, 2.75) is 13.2 Å². The van der Waals surface area contributed by atoms with E-state index in [1.807, 2.05) is 0 Å². The lowest BCUT2D eigenvalue weighted by Gasteiger charge is -2.13. The largest absolute Gasteiger partial charge is 0.496 e. The minimum Gasteiger partial charge on any atom is -0.496 e. The van der Waals surface area contributed by atoms with Crippen LogP contribution in [0.3, 0.4) is 0 Å². The highest BCUT2D eigenvalue weighted by molar-refractivity contribution is 5.94. The van der Waals surface area contributed by atoms with Crippen LogP contribution in [0, 0.1) is 12.3 Å². The highest BCUT2D eigenvalue weighted by atomic mass is 16.5. The van der Waals surface area contributed by atoms with Crippen molar-refractivity contribution >= 4 is 5.97 Å². The summed E-state index contributed by atoms with van der Waals surface area (Å²) in [5.41, 5.74) is 1.76. The first-order chi connectivity index (χ1) is 11.1. The number of rotatable bonds is 5. The number of esters is 1. The van der Waals surface area contributed by atoms with Gasteiger partial charge < -0.3 is 19.7 Å². The van der Waals surface area contributed by atoms with Crippen molar-refractivity contribution in [2.75, 3.05) is 7.11 Å². The van der Waals surface area contributed by atoms with Crippen molar-refractivity contribution in [2.24, 2.45) is 0 Å². The Balaban J connectivity index is 2.32. The van der Waals surface area contributed by atoms with Crippen LogP contribution in [0.5, 0.6) is 11.5 Å². The molecule has 0 heterocycles. The first kappa shape index (κ1) is 16.6. The zero-order valence-electron chi connectivity index (χ0n) is 12.6. The lowest BCUT2D eigenvalue weighted by molar-refractivity contribution is 0.0731. The summed E-state index contributed by atoms with van der Waals surface area (Å²) in [5, 5.41) is 18.6. The summed E-state index contributed by atoms with van der Waals surface area (Å²) in [7, 11) is 1.41. The fraction of sp³-hybridized carbons (Fsp3) is 0.167. The minimum absolute atomic E-state index is 0.162. The molecule has 2 aromatic carbocycles. The van der Waals surface area contributed by atoms with E-state index in [0.29, 0.717) is 22.4 Å². The molecule has 23 heavy (non-hydrogen) atoms. The molecule has 0 spiro atoms. The fourth-order valence-electron chi connectivity index (χ4n) is 2.07. The van der Waals surface area contributed by atoms with Crippen LogP contribution in [-0.4, -0.2) is 23.3 Å².